The van der Waals surface area contributed by atoms with Crippen LogP contribution in [-0.4, -0.2) is 10.1 Å². The summed E-state index contributed by atoms with van der Waals surface area (Å²) in [4.78, 5) is 3.28. The Morgan fingerprint density at radius 2 is 1.67 bits per heavy atom. The summed E-state index contributed by atoms with van der Waals surface area (Å²) < 4.78 is 37.5. The third-order valence-electron chi connectivity index (χ3n) is 2.87. The van der Waals surface area contributed by atoms with Crippen molar-refractivity contribution in [1.82, 2.24) is 4.98 Å². The molecule has 0 radical (unpaired) electrons. The molecule has 2 nitrogen and oxygen atoms in total. The Kier molecular flexibility index (Phi) is 4.76. The van der Waals surface area contributed by atoms with Gasteiger partial charge in [0, 0.05) is 17.0 Å². The minimum atomic E-state index is -4.57. The third kappa shape index (κ3) is 4.09. The molecular weight excluding hydrogens is 326 g/mol. The van der Waals surface area contributed by atoms with Crippen LogP contribution >= 0.6 is 23.2 Å². The van der Waals surface area contributed by atoms with Crippen LogP contribution in [0.1, 0.15) is 22.9 Å². The molecule has 0 spiro atoms. The van der Waals surface area contributed by atoms with Crippen molar-refractivity contribution >= 4 is 23.2 Å². The number of hydrogen-bond donors (Lipinski definition) is 1. The molecule has 21 heavy (non-hydrogen) atoms. The molecule has 1 aromatic heterocycles. The zero-order valence-corrected chi connectivity index (χ0v) is 12.0. The quantitative estimate of drug-likeness (QED) is 0.826. The Hall–Kier alpha value is -1.30. The second-order valence-corrected chi connectivity index (χ2v) is 5.22. The Labute approximate surface area is 129 Å². The molecule has 0 bridgehead atoms. The number of halogens is 5. The zero-order chi connectivity index (χ0) is 15.6. The van der Waals surface area contributed by atoms with E-state index in [4.69, 9.17) is 23.2 Å². The van der Waals surface area contributed by atoms with Crippen molar-refractivity contribution < 1.29 is 18.3 Å². The minimum Gasteiger partial charge on any atom is -0.388 e. The molecule has 1 N–H and O–H groups in total. The second-order valence-electron chi connectivity index (χ2n) is 4.42. The number of aliphatic hydroxyl groups is 1. The van der Waals surface area contributed by atoms with Crippen molar-refractivity contribution in [2.75, 3.05) is 0 Å². The van der Waals surface area contributed by atoms with Gasteiger partial charge < -0.3 is 5.11 Å². The van der Waals surface area contributed by atoms with Crippen LogP contribution in [0, 0.1) is 0 Å². The predicted molar refractivity (Wildman–Crippen MR) is 74.4 cm³/mol. The number of pyridine rings is 1. The highest BCUT2D eigenvalue weighted by Gasteiger charge is 2.33. The highest BCUT2D eigenvalue weighted by atomic mass is 35.5. The molecule has 0 saturated heterocycles. The van der Waals surface area contributed by atoms with E-state index in [-0.39, 0.29) is 17.1 Å². The lowest BCUT2D eigenvalue weighted by Gasteiger charge is -2.14. The van der Waals surface area contributed by atoms with Gasteiger partial charge in [-0.15, -0.1) is 0 Å². The van der Waals surface area contributed by atoms with E-state index in [9.17, 15) is 18.3 Å². The van der Waals surface area contributed by atoms with Crippen LogP contribution in [0.3, 0.4) is 0 Å². The molecule has 112 valence electrons. The number of hydrogen-bond acceptors (Lipinski definition) is 2. The molecule has 0 fully saturated rings. The molecule has 0 aliphatic rings. The van der Waals surface area contributed by atoms with Crippen LogP contribution in [0.5, 0.6) is 0 Å². The molecule has 1 aromatic carbocycles. The summed E-state index contributed by atoms with van der Waals surface area (Å²) in [6, 6.07) is 8.70. The number of nitrogens with zero attached hydrogens (tertiary/aromatic N) is 1. The molecule has 1 heterocycles. The fourth-order valence-electron chi connectivity index (χ4n) is 1.81. The van der Waals surface area contributed by atoms with Crippen molar-refractivity contribution in [3.63, 3.8) is 0 Å². The molecule has 1 unspecified atom stereocenters. The highest BCUT2D eigenvalue weighted by Crippen LogP contribution is 2.31. The van der Waals surface area contributed by atoms with Gasteiger partial charge in [-0.05, 0) is 23.8 Å². The van der Waals surface area contributed by atoms with Gasteiger partial charge in [-0.1, -0.05) is 41.4 Å². The van der Waals surface area contributed by atoms with Crippen molar-refractivity contribution in [2.24, 2.45) is 0 Å². The molecule has 1 atom stereocenters. The van der Waals surface area contributed by atoms with Gasteiger partial charge in [-0.2, -0.15) is 13.2 Å². The van der Waals surface area contributed by atoms with E-state index < -0.39 is 18.0 Å². The van der Waals surface area contributed by atoms with E-state index in [0.717, 1.165) is 17.7 Å². The first-order valence-corrected chi connectivity index (χ1v) is 6.69. The third-order valence-corrected chi connectivity index (χ3v) is 3.42. The Bertz CT molecular complexity index is 629. The number of aromatic nitrogens is 1. The molecule has 7 heteroatoms. The summed E-state index contributed by atoms with van der Waals surface area (Å²) in [7, 11) is 0. The lowest BCUT2D eigenvalue weighted by atomic mass is 10.0. The summed E-state index contributed by atoms with van der Waals surface area (Å²) in [6.45, 7) is 0. The Morgan fingerprint density at radius 3 is 2.19 bits per heavy atom. The standard InChI is InChI=1S/C14H10Cl2F3NO/c15-9-3-1-8(2-4-9)7-11(21)10-5-6-12(14(17,18)19)20-13(10)16/h1-6,11,21H,7H2. The summed E-state index contributed by atoms with van der Waals surface area (Å²) in [5.74, 6) is 0. The molecule has 2 rings (SSSR count). The van der Waals surface area contributed by atoms with Crippen molar-refractivity contribution in [3.05, 3.63) is 63.4 Å². The summed E-state index contributed by atoms with van der Waals surface area (Å²) in [5.41, 5.74) is -0.155. The van der Waals surface area contributed by atoms with Gasteiger partial charge in [-0.3, -0.25) is 0 Å². The molecule has 0 aliphatic heterocycles. The normalized spacial score (nSPS) is 13.2. The van der Waals surface area contributed by atoms with Crippen molar-refractivity contribution in [2.45, 2.75) is 18.7 Å². The van der Waals surface area contributed by atoms with Gasteiger partial charge >= 0.3 is 6.18 Å². The second kappa shape index (κ2) is 6.22. The lowest BCUT2D eigenvalue weighted by molar-refractivity contribution is -0.141. The van der Waals surface area contributed by atoms with E-state index in [1.165, 1.54) is 0 Å². The number of rotatable bonds is 3. The van der Waals surface area contributed by atoms with Crippen LogP contribution < -0.4 is 0 Å². The van der Waals surface area contributed by atoms with Crippen LogP contribution in [-0.2, 0) is 12.6 Å². The smallest absolute Gasteiger partial charge is 0.388 e. The SMILES string of the molecule is OC(Cc1ccc(Cl)cc1)c1ccc(C(F)(F)F)nc1Cl. The average molecular weight is 336 g/mol. The van der Waals surface area contributed by atoms with E-state index in [2.05, 4.69) is 4.98 Å². The van der Waals surface area contributed by atoms with Crippen LogP contribution in [0.2, 0.25) is 10.2 Å². The number of aliphatic hydroxyl groups excluding tert-OH is 1. The fourth-order valence-corrected chi connectivity index (χ4v) is 2.21. The van der Waals surface area contributed by atoms with E-state index in [1.54, 1.807) is 24.3 Å². The molecule has 0 saturated carbocycles. The minimum absolute atomic E-state index is 0.152. The van der Waals surface area contributed by atoms with E-state index >= 15 is 0 Å². The van der Waals surface area contributed by atoms with Gasteiger partial charge in [-0.25, -0.2) is 4.98 Å². The van der Waals surface area contributed by atoms with Crippen LogP contribution in [0.15, 0.2) is 36.4 Å². The van der Waals surface area contributed by atoms with Gasteiger partial charge in [0.05, 0.1) is 6.10 Å². The largest absolute Gasteiger partial charge is 0.433 e. The van der Waals surface area contributed by atoms with Crippen LogP contribution in [0.4, 0.5) is 13.2 Å². The summed E-state index contributed by atoms with van der Waals surface area (Å²) >= 11 is 11.5. The maximum Gasteiger partial charge on any atom is 0.433 e. The number of benzene rings is 1. The van der Waals surface area contributed by atoms with Crippen molar-refractivity contribution in [3.8, 4) is 0 Å². The van der Waals surface area contributed by atoms with Crippen molar-refractivity contribution in [1.29, 1.82) is 0 Å². The van der Waals surface area contributed by atoms with E-state index in [1.807, 2.05) is 0 Å². The van der Waals surface area contributed by atoms with Gasteiger partial charge in [0.15, 0.2) is 0 Å². The topological polar surface area (TPSA) is 33.1 Å². The maximum absolute atomic E-state index is 12.5. The zero-order valence-electron chi connectivity index (χ0n) is 10.5. The molecule has 0 aliphatic carbocycles. The molecule has 2 aromatic rings. The van der Waals surface area contributed by atoms with Gasteiger partial charge in [0.25, 0.3) is 0 Å². The maximum atomic E-state index is 12.5. The summed E-state index contributed by atoms with van der Waals surface area (Å²) in [6.07, 6.45) is -5.42. The molecule has 0 amide bonds. The van der Waals surface area contributed by atoms with Gasteiger partial charge in [0.1, 0.15) is 10.8 Å². The predicted octanol–water partition coefficient (Wildman–Crippen LogP) is 4.68. The lowest BCUT2D eigenvalue weighted by Crippen LogP contribution is -2.10. The average Bonchev–Trinajstić information content (AvgIpc) is 2.40. The Balaban J connectivity index is 2.19. The molecular formula is C14H10Cl2F3NO. The first-order chi connectivity index (χ1) is 9.77. The first-order valence-electron chi connectivity index (χ1n) is 5.93. The Morgan fingerprint density at radius 1 is 1.05 bits per heavy atom. The van der Waals surface area contributed by atoms with Gasteiger partial charge in [0.2, 0.25) is 0 Å². The fraction of sp³-hybridized carbons (Fsp3) is 0.214. The number of alkyl halides is 3. The van der Waals surface area contributed by atoms with Crippen LogP contribution in [0.25, 0.3) is 0 Å². The summed E-state index contributed by atoms with van der Waals surface area (Å²) in [5, 5.41) is 10.3. The van der Waals surface area contributed by atoms with E-state index in [0.29, 0.717) is 5.02 Å². The monoisotopic (exact) mass is 335 g/mol. The highest BCUT2D eigenvalue weighted by molar-refractivity contribution is 6.30. The first kappa shape index (κ1) is 16.1.